The molecule has 198 valence electrons. The first-order chi connectivity index (χ1) is 16.8. The van der Waals surface area contributed by atoms with Gasteiger partial charge in [0.05, 0.1) is 24.3 Å². The van der Waals surface area contributed by atoms with Crippen molar-refractivity contribution >= 4 is 5.97 Å². The van der Waals surface area contributed by atoms with Crippen LogP contribution in [0.3, 0.4) is 0 Å². The van der Waals surface area contributed by atoms with E-state index in [-0.39, 0.29) is 37.3 Å². The molecule has 1 saturated heterocycles. The fourth-order valence-corrected chi connectivity index (χ4v) is 4.68. The maximum atomic E-state index is 13.2. The van der Waals surface area contributed by atoms with Crippen LogP contribution in [0.5, 0.6) is 0 Å². The van der Waals surface area contributed by atoms with Crippen LogP contribution in [0.15, 0.2) is 48.5 Å². The van der Waals surface area contributed by atoms with Gasteiger partial charge in [-0.3, -0.25) is 4.79 Å². The molecule has 1 aliphatic heterocycles. The lowest BCUT2D eigenvalue weighted by Crippen LogP contribution is -2.48. The molecule has 4 nitrogen and oxygen atoms in total. The normalized spacial score (nSPS) is 17.6. The summed E-state index contributed by atoms with van der Waals surface area (Å²) in [5.74, 6) is -0.853. The zero-order chi connectivity index (χ0) is 26.6. The smallest absolute Gasteiger partial charge is 0.416 e. The minimum Gasteiger partial charge on any atom is -0.481 e. The molecule has 2 aromatic rings. The number of alkyl halides is 6. The first-order valence-electron chi connectivity index (χ1n) is 11.7. The largest absolute Gasteiger partial charge is 0.481 e. The fraction of sp³-hybridized carbons (Fsp3) is 0.500. The van der Waals surface area contributed by atoms with E-state index in [1.807, 2.05) is 37.3 Å². The Kier molecular flexibility index (Phi) is 8.71. The highest BCUT2D eigenvalue weighted by atomic mass is 19.4. The number of ether oxygens (including phenoxy) is 1. The molecule has 1 N–H and O–H groups in total. The number of rotatable bonds is 9. The molecular weight excluding hydrogens is 488 g/mol. The monoisotopic (exact) mass is 517 g/mol. The minimum absolute atomic E-state index is 0.0709. The molecular formula is C26H29F6NO3. The Morgan fingerprint density at radius 3 is 2.06 bits per heavy atom. The van der Waals surface area contributed by atoms with Gasteiger partial charge in [0.1, 0.15) is 0 Å². The van der Waals surface area contributed by atoms with Crippen LogP contribution >= 0.6 is 0 Å². The molecule has 2 aromatic carbocycles. The van der Waals surface area contributed by atoms with Gasteiger partial charge in [-0.05, 0) is 68.6 Å². The molecule has 1 fully saturated rings. The summed E-state index contributed by atoms with van der Waals surface area (Å²) in [4.78, 5) is 13.1. The lowest BCUT2D eigenvalue weighted by Gasteiger charge is -2.44. The number of hydrogen-bond donors (Lipinski definition) is 1. The summed E-state index contributed by atoms with van der Waals surface area (Å²) in [5, 5.41) is 8.95. The molecule has 10 heteroatoms. The minimum atomic E-state index is -4.91. The van der Waals surface area contributed by atoms with Gasteiger partial charge in [0, 0.05) is 17.9 Å². The van der Waals surface area contributed by atoms with Crippen LogP contribution in [0.4, 0.5) is 26.3 Å². The van der Waals surface area contributed by atoms with Crippen molar-refractivity contribution in [2.45, 2.75) is 63.0 Å². The number of carbonyl (C=O) groups is 1. The molecule has 0 aliphatic carbocycles. The molecule has 0 radical (unpaired) electrons. The zero-order valence-corrected chi connectivity index (χ0v) is 19.8. The Morgan fingerprint density at radius 1 is 1.00 bits per heavy atom. The maximum absolute atomic E-state index is 13.2. The number of nitrogens with zero attached hydrogens (tertiary/aromatic N) is 1. The predicted molar refractivity (Wildman–Crippen MR) is 121 cm³/mol. The molecule has 1 heterocycles. The second-order valence-electron chi connectivity index (χ2n) is 9.37. The van der Waals surface area contributed by atoms with E-state index in [1.54, 1.807) is 0 Å². The SMILES string of the molecule is CC(CCC(=O)O)N1CCC(COCc2cc(C(F)(F)F)cc(C(F)(F)F)c2)(c2ccccc2)CC1. The molecule has 3 rings (SSSR count). The van der Waals surface area contributed by atoms with Crippen LogP contribution in [-0.4, -0.2) is 41.7 Å². The second kappa shape index (κ2) is 11.2. The number of halogens is 6. The van der Waals surface area contributed by atoms with Crippen LogP contribution < -0.4 is 0 Å². The average Bonchev–Trinajstić information content (AvgIpc) is 2.82. The van der Waals surface area contributed by atoms with Crippen molar-refractivity contribution in [1.82, 2.24) is 4.90 Å². The van der Waals surface area contributed by atoms with Crippen molar-refractivity contribution in [2.75, 3.05) is 19.7 Å². The number of carboxylic acids is 1. The summed E-state index contributed by atoms with van der Waals surface area (Å²) in [5.41, 5.74) is -2.39. The van der Waals surface area contributed by atoms with E-state index in [4.69, 9.17) is 9.84 Å². The van der Waals surface area contributed by atoms with Crippen LogP contribution in [0.25, 0.3) is 0 Å². The van der Waals surface area contributed by atoms with Gasteiger partial charge in [-0.2, -0.15) is 26.3 Å². The first kappa shape index (κ1) is 28.0. The summed E-state index contributed by atoms with van der Waals surface area (Å²) in [7, 11) is 0. The third-order valence-electron chi connectivity index (χ3n) is 6.84. The van der Waals surface area contributed by atoms with Crippen molar-refractivity contribution in [3.8, 4) is 0 Å². The van der Waals surface area contributed by atoms with Crippen molar-refractivity contribution in [1.29, 1.82) is 0 Å². The van der Waals surface area contributed by atoms with Crippen LogP contribution in [-0.2, 0) is 33.9 Å². The molecule has 1 unspecified atom stereocenters. The highest BCUT2D eigenvalue weighted by molar-refractivity contribution is 5.66. The van der Waals surface area contributed by atoms with Crippen LogP contribution in [0, 0.1) is 0 Å². The van der Waals surface area contributed by atoms with Gasteiger partial charge < -0.3 is 14.7 Å². The van der Waals surface area contributed by atoms with Gasteiger partial charge in [0.2, 0.25) is 0 Å². The molecule has 0 spiro atoms. The number of hydrogen-bond acceptors (Lipinski definition) is 3. The Labute approximate surface area is 205 Å². The molecule has 36 heavy (non-hydrogen) atoms. The van der Waals surface area contributed by atoms with Crippen molar-refractivity contribution in [3.63, 3.8) is 0 Å². The lowest BCUT2D eigenvalue weighted by atomic mass is 9.73. The van der Waals surface area contributed by atoms with E-state index in [9.17, 15) is 31.1 Å². The third kappa shape index (κ3) is 7.22. The number of aliphatic carboxylic acids is 1. The Bertz CT molecular complexity index is 982. The summed E-state index contributed by atoms with van der Waals surface area (Å²) in [6.45, 7) is 3.05. The number of carboxylic acid groups (broad SMARTS) is 1. The van der Waals surface area contributed by atoms with Gasteiger partial charge in [-0.25, -0.2) is 0 Å². The van der Waals surface area contributed by atoms with Crippen molar-refractivity contribution in [2.24, 2.45) is 0 Å². The first-order valence-corrected chi connectivity index (χ1v) is 11.7. The summed E-state index contributed by atoms with van der Waals surface area (Å²) in [6, 6.07) is 11.1. The van der Waals surface area contributed by atoms with Gasteiger partial charge >= 0.3 is 18.3 Å². The Balaban J connectivity index is 1.75. The average molecular weight is 518 g/mol. The lowest BCUT2D eigenvalue weighted by molar-refractivity contribution is -0.143. The fourth-order valence-electron chi connectivity index (χ4n) is 4.68. The topological polar surface area (TPSA) is 49.8 Å². The molecule has 0 aromatic heterocycles. The van der Waals surface area contributed by atoms with E-state index in [0.717, 1.165) is 5.56 Å². The second-order valence-corrected chi connectivity index (χ2v) is 9.37. The Morgan fingerprint density at radius 2 is 1.56 bits per heavy atom. The quantitative estimate of drug-likeness (QED) is 0.385. The van der Waals surface area contributed by atoms with Gasteiger partial charge in [0.25, 0.3) is 0 Å². The summed E-state index contributed by atoms with van der Waals surface area (Å²) >= 11 is 0. The molecule has 1 aliphatic rings. The van der Waals surface area contributed by atoms with Gasteiger partial charge in [0.15, 0.2) is 0 Å². The standard InChI is InChI=1S/C26H29F6NO3/c1-18(7-8-23(34)35)33-11-9-24(10-12-33,20-5-3-2-4-6-20)17-36-16-19-13-21(25(27,28)29)15-22(14-19)26(30,31)32/h2-6,13-15,18H,7-12,16-17H2,1H3,(H,34,35). The highest BCUT2D eigenvalue weighted by Crippen LogP contribution is 2.39. The van der Waals surface area contributed by atoms with E-state index in [2.05, 4.69) is 4.90 Å². The van der Waals surface area contributed by atoms with Gasteiger partial charge in [-0.15, -0.1) is 0 Å². The van der Waals surface area contributed by atoms with Crippen LogP contribution in [0.2, 0.25) is 0 Å². The molecule has 1 atom stereocenters. The third-order valence-corrected chi connectivity index (χ3v) is 6.84. The number of piperidine rings is 1. The van der Waals surface area contributed by atoms with E-state index in [1.165, 1.54) is 0 Å². The van der Waals surface area contributed by atoms with E-state index >= 15 is 0 Å². The molecule has 0 saturated carbocycles. The maximum Gasteiger partial charge on any atom is 0.416 e. The molecule has 0 bridgehead atoms. The van der Waals surface area contributed by atoms with Crippen molar-refractivity contribution < 1.29 is 41.0 Å². The van der Waals surface area contributed by atoms with E-state index < -0.39 is 34.9 Å². The number of likely N-dealkylation sites (tertiary alicyclic amines) is 1. The van der Waals surface area contributed by atoms with E-state index in [0.29, 0.717) is 44.5 Å². The predicted octanol–water partition coefficient (Wildman–Crippen LogP) is 6.53. The highest BCUT2D eigenvalue weighted by Gasteiger charge is 2.39. The van der Waals surface area contributed by atoms with Crippen LogP contribution in [0.1, 0.15) is 54.9 Å². The molecule has 0 amide bonds. The zero-order valence-electron chi connectivity index (χ0n) is 19.8. The van der Waals surface area contributed by atoms with Gasteiger partial charge in [-0.1, -0.05) is 30.3 Å². The summed E-state index contributed by atoms with van der Waals surface area (Å²) in [6.07, 6.45) is -7.92. The summed E-state index contributed by atoms with van der Waals surface area (Å²) < 4.78 is 84.9. The number of benzene rings is 2. The Hall–Kier alpha value is -2.59. The van der Waals surface area contributed by atoms with Crippen molar-refractivity contribution in [3.05, 3.63) is 70.8 Å².